The molecular weight excluding hydrogens is 258 g/mol. The van der Waals surface area contributed by atoms with Gasteiger partial charge in [0, 0.05) is 37.4 Å². The van der Waals surface area contributed by atoms with Gasteiger partial charge < -0.3 is 21.1 Å². The molecule has 0 atom stereocenters. The Morgan fingerprint density at radius 2 is 2.00 bits per heavy atom. The summed E-state index contributed by atoms with van der Waals surface area (Å²) in [7, 11) is 0. The van der Waals surface area contributed by atoms with Crippen molar-refractivity contribution in [1.29, 1.82) is 0 Å². The lowest BCUT2D eigenvalue weighted by Gasteiger charge is -2.16. The van der Waals surface area contributed by atoms with Crippen molar-refractivity contribution in [3.05, 3.63) is 23.8 Å². The number of nitrogens with zero attached hydrogens (tertiary/aromatic N) is 1. The Kier molecular flexibility index (Phi) is 4.45. The van der Waals surface area contributed by atoms with Crippen LogP contribution in [0.25, 0.3) is 0 Å². The summed E-state index contributed by atoms with van der Waals surface area (Å²) in [6.07, 6.45) is 2.50. The molecule has 0 aliphatic carbocycles. The normalized spacial score (nSPS) is 14.3. The molecule has 1 heterocycles. The average molecular weight is 277 g/mol. The summed E-state index contributed by atoms with van der Waals surface area (Å²) in [5, 5.41) is 12.1. The molecule has 2 rings (SSSR count). The predicted octanol–water partition coefficient (Wildman–Crippen LogP) is 1.39. The first-order valence-corrected chi connectivity index (χ1v) is 6.72. The quantitative estimate of drug-likeness (QED) is 0.707. The van der Waals surface area contributed by atoms with E-state index >= 15 is 0 Å². The Balaban J connectivity index is 1.90. The molecule has 1 amide bonds. The van der Waals surface area contributed by atoms with Crippen LogP contribution in [0.4, 0.5) is 11.4 Å². The minimum Gasteiger partial charge on any atom is -0.478 e. The van der Waals surface area contributed by atoms with Crippen molar-refractivity contribution in [1.82, 2.24) is 4.90 Å². The van der Waals surface area contributed by atoms with Crippen molar-refractivity contribution < 1.29 is 14.7 Å². The Labute approximate surface area is 117 Å². The molecule has 0 unspecified atom stereocenters. The molecule has 1 aliphatic heterocycles. The first-order chi connectivity index (χ1) is 9.58. The van der Waals surface area contributed by atoms with Gasteiger partial charge in [-0.05, 0) is 31.0 Å². The van der Waals surface area contributed by atoms with E-state index in [-0.39, 0.29) is 11.5 Å². The summed E-state index contributed by atoms with van der Waals surface area (Å²) in [5.74, 6) is -0.923. The molecule has 1 aliphatic rings. The van der Waals surface area contributed by atoms with Gasteiger partial charge in [-0.3, -0.25) is 4.79 Å². The molecule has 0 radical (unpaired) electrons. The largest absolute Gasteiger partial charge is 0.478 e. The minimum atomic E-state index is -1.04. The summed E-state index contributed by atoms with van der Waals surface area (Å²) in [4.78, 5) is 24.8. The van der Waals surface area contributed by atoms with Crippen LogP contribution in [0.15, 0.2) is 18.2 Å². The third kappa shape index (κ3) is 3.40. The molecule has 1 saturated heterocycles. The van der Waals surface area contributed by atoms with Crippen LogP contribution >= 0.6 is 0 Å². The lowest BCUT2D eigenvalue weighted by atomic mass is 10.1. The van der Waals surface area contributed by atoms with Crippen molar-refractivity contribution in [2.75, 3.05) is 30.7 Å². The van der Waals surface area contributed by atoms with Crippen molar-refractivity contribution in [3.8, 4) is 0 Å². The van der Waals surface area contributed by atoms with Gasteiger partial charge in [0.2, 0.25) is 5.91 Å². The Bertz CT molecular complexity index is 510. The number of carbonyl (C=O) groups is 2. The number of carboxylic acids is 1. The lowest BCUT2D eigenvalue weighted by Crippen LogP contribution is -2.29. The zero-order valence-electron chi connectivity index (χ0n) is 11.3. The smallest absolute Gasteiger partial charge is 0.337 e. The monoisotopic (exact) mass is 277 g/mol. The number of rotatable bonds is 5. The highest BCUT2D eigenvalue weighted by Gasteiger charge is 2.17. The van der Waals surface area contributed by atoms with E-state index in [9.17, 15) is 9.59 Å². The highest BCUT2D eigenvalue weighted by Crippen LogP contribution is 2.19. The van der Waals surface area contributed by atoms with E-state index in [4.69, 9.17) is 10.8 Å². The highest BCUT2D eigenvalue weighted by atomic mass is 16.4. The number of amides is 1. The molecule has 0 spiro atoms. The van der Waals surface area contributed by atoms with E-state index in [0.717, 1.165) is 25.9 Å². The third-order valence-electron chi connectivity index (χ3n) is 3.39. The molecule has 108 valence electrons. The molecule has 0 saturated carbocycles. The number of aromatic carboxylic acids is 1. The van der Waals surface area contributed by atoms with Gasteiger partial charge in [-0.25, -0.2) is 4.79 Å². The van der Waals surface area contributed by atoms with E-state index in [0.29, 0.717) is 24.3 Å². The minimum absolute atomic E-state index is 0.113. The summed E-state index contributed by atoms with van der Waals surface area (Å²) in [6.45, 7) is 2.09. The summed E-state index contributed by atoms with van der Waals surface area (Å²) in [6, 6.07) is 4.67. The molecule has 1 aromatic rings. The molecule has 6 nitrogen and oxygen atoms in total. The first-order valence-electron chi connectivity index (χ1n) is 6.72. The van der Waals surface area contributed by atoms with Crippen molar-refractivity contribution in [2.24, 2.45) is 0 Å². The van der Waals surface area contributed by atoms with E-state index in [1.165, 1.54) is 6.07 Å². The van der Waals surface area contributed by atoms with Gasteiger partial charge in [-0.2, -0.15) is 0 Å². The second-order valence-electron chi connectivity index (χ2n) is 4.87. The van der Waals surface area contributed by atoms with E-state index < -0.39 is 5.97 Å². The van der Waals surface area contributed by atoms with Crippen LogP contribution in [-0.4, -0.2) is 41.5 Å². The number of hydrogen-bond donors (Lipinski definition) is 3. The number of likely N-dealkylation sites (tertiary alicyclic amines) is 1. The number of nitrogen functional groups attached to an aromatic ring is 1. The van der Waals surface area contributed by atoms with Crippen LogP contribution in [0.1, 0.15) is 29.6 Å². The fourth-order valence-corrected chi connectivity index (χ4v) is 2.32. The van der Waals surface area contributed by atoms with Crippen LogP contribution in [0.2, 0.25) is 0 Å². The third-order valence-corrected chi connectivity index (χ3v) is 3.39. The summed E-state index contributed by atoms with van der Waals surface area (Å²) >= 11 is 0. The van der Waals surface area contributed by atoms with Crippen molar-refractivity contribution in [2.45, 2.75) is 19.3 Å². The average Bonchev–Trinajstić information content (AvgIpc) is 2.94. The van der Waals surface area contributed by atoms with Crippen LogP contribution in [0.5, 0.6) is 0 Å². The highest BCUT2D eigenvalue weighted by molar-refractivity contribution is 5.95. The van der Waals surface area contributed by atoms with Gasteiger partial charge in [-0.15, -0.1) is 0 Å². The zero-order chi connectivity index (χ0) is 14.5. The van der Waals surface area contributed by atoms with Gasteiger partial charge in [0.05, 0.1) is 5.56 Å². The number of hydrogen-bond acceptors (Lipinski definition) is 4. The molecule has 4 N–H and O–H groups in total. The second-order valence-corrected chi connectivity index (χ2v) is 4.87. The lowest BCUT2D eigenvalue weighted by molar-refractivity contribution is -0.129. The van der Waals surface area contributed by atoms with Crippen LogP contribution < -0.4 is 11.1 Å². The fourth-order valence-electron chi connectivity index (χ4n) is 2.32. The second kappa shape index (κ2) is 6.27. The van der Waals surface area contributed by atoms with Crippen molar-refractivity contribution >= 4 is 23.3 Å². The predicted molar refractivity (Wildman–Crippen MR) is 76.7 cm³/mol. The number of anilines is 2. The van der Waals surface area contributed by atoms with Crippen molar-refractivity contribution in [3.63, 3.8) is 0 Å². The maximum absolute atomic E-state index is 11.9. The zero-order valence-corrected chi connectivity index (χ0v) is 11.3. The van der Waals surface area contributed by atoms with Crippen LogP contribution in [-0.2, 0) is 4.79 Å². The summed E-state index contributed by atoms with van der Waals surface area (Å²) in [5.41, 5.74) is 6.59. The number of benzene rings is 1. The van der Waals surface area contributed by atoms with Gasteiger partial charge in [0.1, 0.15) is 0 Å². The maximum atomic E-state index is 11.9. The number of nitrogens with one attached hydrogen (secondary N) is 1. The summed E-state index contributed by atoms with van der Waals surface area (Å²) < 4.78 is 0. The van der Waals surface area contributed by atoms with Gasteiger partial charge in [0.25, 0.3) is 0 Å². The SMILES string of the molecule is Nc1ccc(NCCC(=O)N2CCCC2)c(C(=O)O)c1. The number of carboxylic acid groups (broad SMARTS) is 1. The number of carbonyl (C=O) groups excluding carboxylic acids is 1. The molecular formula is C14H19N3O3. The van der Waals surface area contributed by atoms with Crippen LogP contribution in [0, 0.1) is 0 Å². The maximum Gasteiger partial charge on any atom is 0.337 e. The fraction of sp³-hybridized carbons (Fsp3) is 0.429. The van der Waals surface area contributed by atoms with Gasteiger partial charge in [0.15, 0.2) is 0 Å². The van der Waals surface area contributed by atoms with E-state index in [1.54, 1.807) is 12.1 Å². The van der Waals surface area contributed by atoms with Gasteiger partial charge >= 0.3 is 5.97 Å². The Morgan fingerprint density at radius 1 is 1.30 bits per heavy atom. The molecule has 20 heavy (non-hydrogen) atoms. The first kappa shape index (κ1) is 14.2. The Morgan fingerprint density at radius 3 is 2.65 bits per heavy atom. The standard InChI is InChI=1S/C14H19N3O3/c15-10-3-4-12(11(9-10)14(19)20)16-6-5-13(18)17-7-1-2-8-17/h3-4,9,16H,1-2,5-8,15H2,(H,19,20). The van der Waals surface area contributed by atoms with Gasteiger partial charge in [-0.1, -0.05) is 0 Å². The molecule has 0 bridgehead atoms. The van der Waals surface area contributed by atoms with E-state index in [2.05, 4.69) is 5.32 Å². The molecule has 1 fully saturated rings. The molecule has 0 aromatic heterocycles. The molecule has 1 aromatic carbocycles. The van der Waals surface area contributed by atoms with Crippen LogP contribution in [0.3, 0.4) is 0 Å². The number of nitrogens with two attached hydrogens (primary N) is 1. The van der Waals surface area contributed by atoms with E-state index in [1.807, 2.05) is 4.90 Å². The topological polar surface area (TPSA) is 95.7 Å². The molecule has 6 heteroatoms. The Hall–Kier alpha value is -2.24.